The minimum absolute atomic E-state index is 0.0636. The van der Waals surface area contributed by atoms with Gasteiger partial charge in [-0.15, -0.1) is 11.3 Å². The van der Waals surface area contributed by atoms with E-state index in [0.717, 1.165) is 0 Å². The van der Waals surface area contributed by atoms with Crippen molar-refractivity contribution in [2.45, 2.75) is 0 Å². The third kappa shape index (κ3) is 4.03. The first-order valence-electron chi connectivity index (χ1n) is 24.7. The van der Waals surface area contributed by atoms with Crippen LogP contribution in [0.5, 0.6) is 0 Å². The van der Waals surface area contributed by atoms with Crippen LogP contribution in [0.3, 0.4) is 0 Å². The first-order chi connectivity index (χ1) is 31.8. The summed E-state index contributed by atoms with van der Waals surface area (Å²) in [6.07, 6.45) is -0.860. The molecule has 3 heterocycles. The van der Waals surface area contributed by atoms with Crippen molar-refractivity contribution in [2.75, 3.05) is 0 Å². The van der Waals surface area contributed by atoms with Gasteiger partial charge in [-0.25, -0.2) is 9.97 Å². The summed E-state index contributed by atoms with van der Waals surface area (Å²) in [5.41, 5.74) is -6.54. The highest BCUT2D eigenvalue weighted by Gasteiger charge is 2.17. The highest BCUT2D eigenvalue weighted by Crippen LogP contribution is 2.41. The number of fused-ring (bicyclic) bond motifs is 6. The lowest BCUT2D eigenvalue weighted by molar-refractivity contribution is 0.667. The van der Waals surface area contributed by atoms with Crippen molar-refractivity contribution < 1.29 is 37.3 Å². The van der Waals surface area contributed by atoms with E-state index in [9.17, 15) is 4.11 Å². The Bertz CT molecular complexity index is 3840. The lowest BCUT2D eigenvalue weighted by Gasteiger charge is -2.07. The quantitative estimate of drug-likeness (QED) is 0.201. The zero-order valence-corrected chi connectivity index (χ0v) is 22.5. The van der Waals surface area contributed by atoms with Gasteiger partial charge in [0.1, 0.15) is 24.5 Å². The minimum atomic E-state index is -0.926. The Morgan fingerprint density at radius 1 is 0.523 bits per heavy atom. The molecule has 0 fully saturated rings. The molecule has 206 valence electrons. The minimum Gasteiger partial charge on any atom is -0.452 e. The number of rotatable bonds is 4. The monoisotopic (exact) mass is 604 g/mol. The molecule has 0 spiro atoms. The number of nitrogens with zero attached hydrogens (tertiary/aromatic N) is 2. The fourth-order valence-corrected chi connectivity index (χ4v) is 5.77. The zero-order valence-electron chi connectivity index (χ0n) is 45.7. The SMILES string of the molecule is [2H]c1nc(-c2c([2H])c([2H])c([2H])c(-c3c([2H])c([2H])c([2H])c4c3sc3c([2H])c([2H])c([2H])c([2H])c34)c2[2H])c2oc3c([2H])c([2H])c(-c4c([2H])c([2H])c([2H])c(-c5c([2H])c([2H])c([2H])c([2H])c5[2H])c4[2H])c([2H])c3c2n1. The molecule has 4 heteroatoms. The van der Waals surface area contributed by atoms with Gasteiger partial charge >= 0.3 is 0 Å². The molecule has 0 bridgehead atoms. The van der Waals surface area contributed by atoms with Crippen molar-refractivity contribution in [1.82, 2.24) is 9.97 Å². The molecule has 44 heavy (non-hydrogen) atoms. The number of furan rings is 1. The van der Waals surface area contributed by atoms with Crippen LogP contribution in [0, 0.1) is 0 Å². The van der Waals surface area contributed by atoms with Crippen molar-refractivity contribution in [3.8, 4) is 44.6 Å². The van der Waals surface area contributed by atoms with Gasteiger partial charge in [-0.2, -0.15) is 0 Å². The molecule has 0 amide bonds. The van der Waals surface area contributed by atoms with E-state index in [0.29, 0.717) is 11.3 Å². The predicted molar refractivity (Wildman–Crippen MR) is 184 cm³/mol. The zero-order chi connectivity index (χ0) is 49.9. The van der Waals surface area contributed by atoms with Crippen LogP contribution in [0.15, 0.2) is 150 Å². The summed E-state index contributed by atoms with van der Waals surface area (Å²) in [7, 11) is 0. The molecule has 0 aliphatic carbocycles. The van der Waals surface area contributed by atoms with Crippen molar-refractivity contribution in [2.24, 2.45) is 0 Å². The third-order valence-electron chi connectivity index (χ3n) is 6.65. The van der Waals surface area contributed by atoms with Gasteiger partial charge in [-0.05, 0) is 63.6 Å². The smallest absolute Gasteiger partial charge is 0.180 e. The highest BCUT2D eigenvalue weighted by molar-refractivity contribution is 7.26. The van der Waals surface area contributed by atoms with Crippen molar-refractivity contribution in [3.05, 3.63) is 145 Å². The maximum absolute atomic E-state index is 9.53. The average molecular weight is 605 g/mol. The molecule has 0 atom stereocenters. The molecule has 0 unspecified atom stereocenters. The molecule has 9 rings (SSSR count). The van der Waals surface area contributed by atoms with E-state index < -0.39 is 212 Å². The summed E-state index contributed by atoms with van der Waals surface area (Å²) in [4.78, 5) is 8.20. The molecule has 0 radical (unpaired) electrons. The molecular weight excluding hydrogens is 557 g/mol. The van der Waals surface area contributed by atoms with Crippen LogP contribution in [-0.4, -0.2) is 9.97 Å². The van der Waals surface area contributed by atoms with E-state index in [2.05, 4.69) is 9.97 Å². The standard InChI is InChI=1S/C40H24N2OS/c1-2-9-25(10-3-1)26-11-6-12-27(21-26)28-19-20-35-34(23-28)38-39(43-35)37(41-24-42-38)30-14-7-13-29(22-30)31-16-8-17-33-32-15-4-5-18-36(32)44-40(31)33/h1-24H/i1D,2D,3D,4D,5D,6D,7D,8D,9D,10D,11D,12D,13D,14D,15D,16D,17D,18D,19D,20D,21D,22D,23D,24D. The van der Waals surface area contributed by atoms with Gasteiger partial charge < -0.3 is 4.42 Å². The van der Waals surface area contributed by atoms with E-state index >= 15 is 0 Å². The second-order valence-corrected chi connectivity index (χ2v) is 10.2. The van der Waals surface area contributed by atoms with E-state index in [1.807, 2.05) is 0 Å². The second-order valence-electron chi connectivity index (χ2n) is 9.17. The van der Waals surface area contributed by atoms with Crippen LogP contribution in [0.25, 0.3) is 86.9 Å². The largest absolute Gasteiger partial charge is 0.452 e. The molecule has 6 aromatic carbocycles. The molecule has 9 aromatic rings. The maximum Gasteiger partial charge on any atom is 0.180 e. The summed E-state index contributed by atoms with van der Waals surface area (Å²) in [6, 6.07) is -18.0. The molecule has 0 N–H and O–H groups in total. The van der Waals surface area contributed by atoms with E-state index in [-0.39, 0.29) is 20.2 Å². The van der Waals surface area contributed by atoms with E-state index in [1.54, 1.807) is 0 Å². The Morgan fingerprint density at radius 3 is 2.11 bits per heavy atom. The first kappa shape index (κ1) is 10.8. The highest BCUT2D eigenvalue weighted by atomic mass is 32.1. The summed E-state index contributed by atoms with van der Waals surface area (Å²) in [5.74, 6) is 0. The van der Waals surface area contributed by atoms with Crippen molar-refractivity contribution in [1.29, 1.82) is 0 Å². The van der Waals surface area contributed by atoms with Crippen LogP contribution >= 0.6 is 11.3 Å². The molecular formula is C40H24N2OS. The molecule has 3 nitrogen and oxygen atoms in total. The second kappa shape index (κ2) is 10.0. The fraction of sp³-hybridized carbons (Fsp3) is 0. The van der Waals surface area contributed by atoms with Crippen LogP contribution in [0.4, 0.5) is 0 Å². The van der Waals surface area contributed by atoms with Crippen LogP contribution < -0.4 is 0 Å². The van der Waals surface area contributed by atoms with E-state index in [1.165, 1.54) is 0 Å². The van der Waals surface area contributed by atoms with Crippen molar-refractivity contribution in [3.63, 3.8) is 0 Å². The van der Waals surface area contributed by atoms with Crippen LogP contribution in [0.2, 0.25) is 0 Å². The van der Waals surface area contributed by atoms with E-state index in [4.69, 9.17) is 33.2 Å². The molecule has 3 aromatic heterocycles. The van der Waals surface area contributed by atoms with Crippen molar-refractivity contribution >= 4 is 53.6 Å². The molecule has 0 saturated heterocycles. The lowest BCUT2D eigenvalue weighted by atomic mass is 9.98. The average Bonchev–Trinajstić information content (AvgIpc) is 3.89. The number of aromatic nitrogens is 2. The maximum atomic E-state index is 9.53. The summed E-state index contributed by atoms with van der Waals surface area (Å²) in [6.45, 7) is 0. The van der Waals surface area contributed by atoms with Gasteiger partial charge in [0.25, 0.3) is 0 Å². The predicted octanol–water partition coefficient (Wildman–Crippen LogP) is 11.4. The normalized spacial score (nSPS) is 19.3. The molecule has 0 saturated carbocycles. The summed E-state index contributed by atoms with van der Waals surface area (Å²) >= 11 is 0.697. The van der Waals surface area contributed by atoms with Gasteiger partial charge in [-0.1, -0.05) is 109 Å². The summed E-state index contributed by atoms with van der Waals surface area (Å²) in [5, 5.41) is -0.805. The number of thiophene rings is 1. The third-order valence-corrected chi connectivity index (χ3v) is 7.77. The Morgan fingerprint density at radius 2 is 1.20 bits per heavy atom. The van der Waals surface area contributed by atoms with Gasteiger partial charge in [0.05, 0.1) is 31.5 Å². The van der Waals surface area contributed by atoms with Gasteiger partial charge in [0.2, 0.25) is 0 Å². The Labute approximate surface area is 291 Å². The Balaban J connectivity index is 1.37. The summed E-state index contributed by atoms with van der Waals surface area (Å²) < 4.78 is 215. The topological polar surface area (TPSA) is 38.9 Å². The number of hydrogen-bond acceptors (Lipinski definition) is 4. The lowest BCUT2D eigenvalue weighted by Crippen LogP contribution is -1.88. The van der Waals surface area contributed by atoms with Gasteiger partial charge in [0.15, 0.2) is 5.58 Å². The van der Waals surface area contributed by atoms with Gasteiger partial charge in [0, 0.05) is 31.1 Å². The fourth-order valence-electron chi connectivity index (χ4n) is 4.70. The number of hydrogen-bond donors (Lipinski definition) is 0. The first-order valence-corrected chi connectivity index (χ1v) is 13.5. The Hall–Kier alpha value is -5.58. The molecule has 0 aliphatic rings. The Kier molecular flexibility index (Phi) is 2.47. The van der Waals surface area contributed by atoms with Gasteiger partial charge in [-0.3, -0.25) is 0 Å². The van der Waals surface area contributed by atoms with Crippen LogP contribution in [-0.2, 0) is 0 Å². The van der Waals surface area contributed by atoms with Crippen LogP contribution in [0.1, 0.15) is 32.9 Å². The number of benzene rings is 6. The molecule has 0 aliphatic heterocycles.